The number of rotatable bonds is 1. The van der Waals surface area contributed by atoms with Crippen LogP contribution in [0.2, 0.25) is 0 Å². The second-order valence-electron chi connectivity index (χ2n) is 4.49. The van der Waals surface area contributed by atoms with Crippen molar-refractivity contribution in [3.63, 3.8) is 0 Å². The molecule has 0 bridgehead atoms. The second kappa shape index (κ2) is 4.72. The first-order valence-corrected chi connectivity index (χ1v) is 6.29. The van der Waals surface area contributed by atoms with Crippen LogP contribution in [0.1, 0.15) is 29.0 Å². The molecule has 1 aliphatic heterocycles. The Hall–Kier alpha value is -2.37. The van der Waals surface area contributed by atoms with Crippen LogP contribution in [0.4, 0.5) is 0 Å². The van der Waals surface area contributed by atoms with E-state index in [0.29, 0.717) is 11.4 Å². The third kappa shape index (κ3) is 2.16. The number of carbonyl (C=O) groups is 1. The molecule has 0 saturated carbocycles. The number of hydrogen-bond acceptors (Lipinski definition) is 4. The molecular formula is C13H15N5O. The smallest absolute Gasteiger partial charge is 0.288 e. The summed E-state index contributed by atoms with van der Waals surface area (Å²) in [6, 6.07) is 5.65. The molecule has 0 radical (unpaired) electrons. The van der Waals surface area contributed by atoms with Gasteiger partial charge in [-0.25, -0.2) is 4.98 Å². The van der Waals surface area contributed by atoms with Gasteiger partial charge in [0.15, 0.2) is 0 Å². The molecule has 3 heterocycles. The number of pyridine rings is 1. The van der Waals surface area contributed by atoms with Gasteiger partial charge in [0.2, 0.25) is 0 Å². The molecule has 6 heteroatoms. The monoisotopic (exact) mass is 257 g/mol. The summed E-state index contributed by atoms with van der Waals surface area (Å²) in [5.74, 6) is 0.630. The van der Waals surface area contributed by atoms with Gasteiger partial charge in [-0.15, -0.1) is 0 Å². The van der Waals surface area contributed by atoms with Crippen LogP contribution >= 0.6 is 0 Å². The van der Waals surface area contributed by atoms with E-state index in [2.05, 4.69) is 20.8 Å². The molecule has 0 unspecified atom stereocenters. The number of nitrogens with one attached hydrogen (secondary N) is 2. The Balaban J connectivity index is 1.82. The van der Waals surface area contributed by atoms with Crippen LogP contribution in [0.5, 0.6) is 0 Å². The Morgan fingerprint density at radius 1 is 1.42 bits per heavy atom. The predicted octanol–water partition coefficient (Wildman–Crippen LogP) is 1.07. The average molecular weight is 257 g/mol. The van der Waals surface area contributed by atoms with Gasteiger partial charge in [-0.05, 0) is 25.5 Å². The van der Waals surface area contributed by atoms with E-state index in [4.69, 9.17) is 0 Å². The van der Waals surface area contributed by atoms with Crippen molar-refractivity contribution < 1.29 is 4.79 Å². The maximum absolute atomic E-state index is 12.2. The molecule has 0 atom stereocenters. The lowest BCUT2D eigenvalue weighted by Crippen LogP contribution is -2.41. The average Bonchev–Trinajstić information content (AvgIpc) is 3.02. The van der Waals surface area contributed by atoms with E-state index in [1.54, 1.807) is 4.40 Å². The summed E-state index contributed by atoms with van der Waals surface area (Å²) in [6.07, 6.45) is 3.75. The number of nitrogens with zero attached hydrogens (tertiary/aromatic N) is 3. The number of fused-ring (bicyclic) bond motifs is 1. The lowest BCUT2D eigenvalue weighted by molar-refractivity contribution is 0.0937. The molecule has 2 aromatic rings. The summed E-state index contributed by atoms with van der Waals surface area (Å²) in [5.41, 5.74) is 7.57. The van der Waals surface area contributed by atoms with Crippen molar-refractivity contribution in [2.75, 3.05) is 6.54 Å². The van der Waals surface area contributed by atoms with E-state index >= 15 is 0 Å². The molecular weight excluding hydrogens is 242 g/mol. The van der Waals surface area contributed by atoms with Crippen LogP contribution in [-0.2, 0) is 0 Å². The summed E-state index contributed by atoms with van der Waals surface area (Å²) in [5, 5.41) is 0. The van der Waals surface area contributed by atoms with Crippen molar-refractivity contribution in [3.8, 4) is 0 Å². The number of aliphatic imine (C=N–C) groups is 1. The highest BCUT2D eigenvalue weighted by atomic mass is 16.2. The first-order valence-electron chi connectivity index (χ1n) is 6.29. The Bertz CT molecular complexity index is 658. The number of aromatic nitrogens is 2. The fourth-order valence-corrected chi connectivity index (χ4v) is 2.22. The van der Waals surface area contributed by atoms with Gasteiger partial charge in [0.25, 0.3) is 5.91 Å². The van der Waals surface area contributed by atoms with E-state index in [1.165, 1.54) is 0 Å². The second-order valence-corrected chi connectivity index (χ2v) is 4.49. The SMILES string of the molecule is Cc1nc2ccccn2c1C(=O)NNC1=NCCC1. The van der Waals surface area contributed by atoms with Crippen molar-refractivity contribution >= 4 is 17.4 Å². The van der Waals surface area contributed by atoms with E-state index in [1.807, 2.05) is 31.3 Å². The molecule has 0 fully saturated rings. The zero-order chi connectivity index (χ0) is 13.2. The minimum atomic E-state index is -0.203. The van der Waals surface area contributed by atoms with Crippen molar-refractivity contribution in [2.45, 2.75) is 19.8 Å². The van der Waals surface area contributed by atoms with E-state index < -0.39 is 0 Å². The minimum absolute atomic E-state index is 0.203. The summed E-state index contributed by atoms with van der Waals surface area (Å²) in [6.45, 7) is 2.65. The van der Waals surface area contributed by atoms with Gasteiger partial charge in [0.1, 0.15) is 17.2 Å². The van der Waals surface area contributed by atoms with E-state index in [0.717, 1.165) is 30.9 Å². The molecule has 6 nitrogen and oxygen atoms in total. The van der Waals surface area contributed by atoms with Crippen molar-refractivity contribution in [1.29, 1.82) is 0 Å². The summed E-state index contributed by atoms with van der Waals surface area (Å²) < 4.78 is 1.78. The van der Waals surface area contributed by atoms with E-state index in [-0.39, 0.29) is 5.91 Å². The molecule has 1 amide bonds. The standard InChI is InChI=1S/C13H15N5O/c1-9-12(18-8-3-2-6-11(18)15-9)13(19)17-16-10-5-4-7-14-10/h2-3,6,8H,4-5,7H2,1H3,(H,14,16)(H,17,19). The number of hydrazine groups is 1. The molecule has 0 aliphatic carbocycles. The van der Waals surface area contributed by atoms with Crippen molar-refractivity contribution in [1.82, 2.24) is 20.2 Å². The Labute approximate surface area is 110 Å². The van der Waals surface area contributed by atoms with Crippen molar-refractivity contribution in [2.24, 2.45) is 4.99 Å². The Kier molecular flexibility index (Phi) is 2.91. The Morgan fingerprint density at radius 2 is 2.32 bits per heavy atom. The van der Waals surface area contributed by atoms with Gasteiger partial charge in [-0.2, -0.15) is 0 Å². The number of carbonyl (C=O) groups excluding carboxylic acids is 1. The van der Waals surface area contributed by atoms with Gasteiger partial charge in [-0.3, -0.25) is 25.0 Å². The first-order chi connectivity index (χ1) is 9.25. The third-order valence-electron chi connectivity index (χ3n) is 3.11. The normalized spacial score (nSPS) is 14.5. The number of amidine groups is 1. The molecule has 2 aromatic heterocycles. The first kappa shape index (κ1) is 11.7. The highest BCUT2D eigenvalue weighted by Gasteiger charge is 2.16. The van der Waals surface area contributed by atoms with Crippen molar-refractivity contribution in [3.05, 3.63) is 35.8 Å². The lowest BCUT2D eigenvalue weighted by Gasteiger charge is -2.08. The van der Waals surface area contributed by atoms with Gasteiger partial charge < -0.3 is 0 Å². The maximum Gasteiger partial charge on any atom is 0.288 e. The van der Waals surface area contributed by atoms with Gasteiger partial charge in [-0.1, -0.05) is 6.07 Å². The number of hydrogen-bond donors (Lipinski definition) is 2. The lowest BCUT2D eigenvalue weighted by atomic mass is 10.3. The fraction of sp³-hybridized carbons (Fsp3) is 0.308. The largest absolute Gasteiger partial charge is 0.295 e. The predicted molar refractivity (Wildman–Crippen MR) is 72.1 cm³/mol. The fourth-order valence-electron chi connectivity index (χ4n) is 2.22. The molecule has 2 N–H and O–H groups in total. The molecule has 0 spiro atoms. The molecule has 19 heavy (non-hydrogen) atoms. The topological polar surface area (TPSA) is 70.8 Å². The van der Waals surface area contributed by atoms with Crippen LogP contribution in [0, 0.1) is 6.92 Å². The van der Waals surface area contributed by atoms with Crippen LogP contribution in [0.3, 0.4) is 0 Å². The quantitative estimate of drug-likeness (QED) is 0.751. The molecule has 0 aromatic carbocycles. The number of aryl methyl sites for hydroxylation is 1. The maximum atomic E-state index is 12.2. The molecule has 1 aliphatic rings. The highest BCUT2D eigenvalue weighted by Crippen LogP contribution is 2.11. The minimum Gasteiger partial charge on any atom is -0.295 e. The number of amides is 1. The van der Waals surface area contributed by atoms with Crippen LogP contribution in [-0.4, -0.2) is 27.7 Å². The zero-order valence-electron chi connectivity index (χ0n) is 10.7. The van der Waals surface area contributed by atoms with Crippen LogP contribution in [0.25, 0.3) is 5.65 Å². The number of imidazole rings is 1. The van der Waals surface area contributed by atoms with E-state index in [9.17, 15) is 4.79 Å². The summed E-state index contributed by atoms with van der Waals surface area (Å²) in [4.78, 5) is 20.8. The highest BCUT2D eigenvalue weighted by molar-refractivity contribution is 5.96. The van der Waals surface area contributed by atoms with Gasteiger partial charge >= 0.3 is 0 Å². The molecule has 98 valence electrons. The third-order valence-corrected chi connectivity index (χ3v) is 3.11. The van der Waals surface area contributed by atoms with Crippen LogP contribution in [0.15, 0.2) is 29.4 Å². The summed E-state index contributed by atoms with van der Waals surface area (Å²) in [7, 11) is 0. The summed E-state index contributed by atoms with van der Waals surface area (Å²) >= 11 is 0. The van der Waals surface area contributed by atoms with Crippen LogP contribution < -0.4 is 10.9 Å². The Morgan fingerprint density at radius 3 is 3.11 bits per heavy atom. The van der Waals surface area contributed by atoms with Gasteiger partial charge in [0, 0.05) is 19.2 Å². The van der Waals surface area contributed by atoms with Gasteiger partial charge in [0.05, 0.1) is 5.69 Å². The zero-order valence-corrected chi connectivity index (χ0v) is 10.7. The molecule has 3 rings (SSSR count). The molecule has 0 saturated heterocycles.